The first kappa shape index (κ1) is 19.3. The van der Waals surface area contributed by atoms with Crippen LogP contribution < -0.4 is 10.1 Å². The number of nitrogens with one attached hydrogen (secondary N) is 1. The topological polar surface area (TPSA) is 38.3 Å². The molecule has 2 bridgehead atoms. The van der Waals surface area contributed by atoms with E-state index in [1.807, 2.05) is 0 Å². The lowest BCUT2D eigenvalue weighted by Crippen LogP contribution is -2.42. The van der Waals surface area contributed by atoms with Gasteiger partial charge in [-0.2, -0.15) is 0 Å². The van der Waals surface area contributed by atoms with Crippen molar-refractivity contribution in [3.8, 4) is 5.75 Å². The van der Waals surface area contributed by atoms with Crippen molar-refractivity contribution in [2.75, 3.05) is 11.5 Å². The first-order valence-electron chi connectivity index (χ1n) is 9.26. The molecule has 1 saturated heterocycles. The Hall–Kier alpha value is -1.02. The first-order chi connectivity index (χ1) is 12.9. The number of carbonyl (C=O) groups excluding carboxylic acids is 1. The smallest absolute Gasteiger partial charge is 0.406 e. The highest BCUT2D eigenvalue weighted by Crippen LogP contribution is 2.65. The molecular formula is C19H22F3NO2S2. The van der Waals surface area contributed by atoms with Crippen LogP contribution in [0.3, 0.4) is 0 Å². The summed E-state index contributed by atoms with van der Waals surface area (Å²) in [4.78, 5) is 12.7. The van der Waals surface area contributed by atoms with Gasteiger partial charge in [0.15, 0.2) is 0 Å². The lowest BCUT2D eigenvalue weighted by molar-refractivity contribution is -0.274. The zero-order chi connectivity index (χ0) is 19.1. The van der Waals surface area contributed by atoms with Crippen molar-refractivity contribution in [1.29, 1.82) is 0 Å². The van der Waals surface area contributed by atoms with Crippen molar-refractivity contribution in [3.63, 3.8) is 0 Å². The standard InChI is InChI=1S/C19H22F3NO2S2/c20-19(21,22)25-16-5-1-12(2-6-16)11-23-17(24)13-9-14-3-4-15(10-13)18(14)26-7-8-27-18/h1-2,5-6,13-15H,3-4,7-11H2,(H,23,24). The molecule has 0 aromatic heterocycles. The molecule has 2 saturated carbocycles. The second-order valence-electron chi connectivity index (χ2n) is 7.47. The maximum atomic E-state index is 12.7. The fourth-order valence-corrected chi connectivity index (χ4v) is 8.69. The minimum atomic E-state index is -4.69. The predicted octanol–water partition coefficient (Wildman–Crippen LogP) is 4.81. The summed E-state index contributed by atoms with van der Waals surface area (Å²) in [6.45, 7) is 0.325. The number of alkyl halides is 3. The maximum absolute atomic E-state index is 12.7. The summed E-state index contributed by atoms with van der Waals surface area (Å²) < 4.78 is 40.8. The van der Waals surface area contributed by atoms with Crippen LogP contribution in [0.15, 0.2) is 24.3 Å². The van der Waals surface area contributed by atoms with E-state index in [2.05, 4.69) is 33.6 Å². The van der Waals surface area contributed by atoms with Gasteiger partial charge in [-0.05, 0) is 55.2 Å². The van der Waals surface area contributed by atoms with Crippen molar-refractivity contribution in [1.82, 2.24) is 5.32 Å². The van der Waals surface area contributed by atoms with Crippen LogP contribution in [0.1, 0.15) is 31.2 Å². The Balaban J connectivity index is 1.30. The molecule has 2 aliphatic carbocycles. The summed E-state index contributed by atoms with van der Waals surface area (Å²) in [5.41, 5.74) is 0.759. The Labute approximate surface area is 165 Å². The fourth-order valence-electron chi connectivity index (χ4n) is 4.76. The van der Waals surface area contributed by atoms with Crippen LogP contribution in [-0.4, -0.2) is 27.9 Å². The summed E-state index contributed by atoms with van der Waals surface area (Å²) in [5, 5.41) is 2.97. The number of thioether (sulfide) groups is 2. The van der Waals surface area contributed by atoms with E-state index >= 15 is 0 Å². The molecule has 2 unspecified atom stereocenters. The minimum Gasteiger partial charge on any atom is -0.406 e. The molecule has 1 aliphatic heterocycles. The molecule has 3 fully saturated rings. The number of carbonyl (C=O) groups is 1. The van der Waals surface area contributed by atoms with E-state index in [-0.39, 0.29) is 17.6 Å². The Morgan fingerprint density at radius 2 is 1.70 bits per heavy atom. The maximum Gasteiger partial charge on any atom is 0.573 e. The van der Waals surface area contributed by atoms with Crippen LogP contribution >= 0.6 is 23.5 Å². The molecule has 1 aromatic rings. The average Bonchev–Trinajstić information content (AvgIpc) is 3.15. The second-order valence-corrected chi connectivity index (χ2v) is 10.5. The van der Waals surface area contributed by atoms with Gasteiger partial charge in [-0.1, -0.05) is 12.1 Å². The van der Waals surface area contributed by atoms with Gasteiger partial charge < -0.3 is 10.1 Å². The number of hydrogen-bond acceptors (Lipinski definition) is 4. The molecule has 0 radical (unpaired) electrons. The highest BCUT2D eigenvalue weighted by atomic mass is 32.2. The molecule has 3 nitrogen and oxygen atoms in total. The molecular weight excluding hydrogens is 395 g/mol. The normalized spacial score (nSPS) is 29.1. The molecule has 4 rings (SSSR count). The van der Waals surface area contributed by atoms with Crippen molar-refractivity contribution in [2.24, 2.45) is 17.8 Å². The number of halogens is 3. The van der Waals surface area contributed by atoms with E-state index in [0.717, 1.165) is 18.4 Å². The molecule has 2 atom stereocenters. The summed E-state index contributed by atoms with van der Waals surface area (Å²) in [5.74, 6) is 3.59. The fraction of sp³-hybridized carbons (Fsp3) is 0.632. The van der Waals surface area contributed by atoms with Gasteiger partial charge in [0.25, 0.3) is 0 Å². The zero-order valence-corrected chi connectivity index (χ0v) is 16.4. The van der Waals surface area contributed by atoms with Gasteiger partial charge >= 0.3 is 6.36 Å². The number of amides is 1. The van der Waals surface area contributed by atoms with Crippen LogP contribution in [0.4, 0.5) is 13.2 Å². The van der Waals surface area contributed by atoms with Crippen molar-refractivity contribution >= 4 is 29.4 Å². The average molecular weight is 418 g/mol. The Morgan fingerprint density at radius 3 is 2.26 bits per heavy atom. The van der Waals surface area contributed by atoms with Gasteiger partial charge in [-0.3, -0.25) is 4.79 Å². The molecule has 1 spiro atoms. The third-order valence-electron chi connectivity index (χ3n) is 5.87. The predicted molar refractivity (Wildman–Crippen MR) is 102 cm³/mol. The second kappa shape index (κ2) is 7.43. The molecule has 1 amide bonds. The van der Waals surface area contributed by atoms with Crippen molar-refractivity contribution < 1.29 is 22.7 Å². The molecule has 27 heavy (non-hydrogen) atoms. The number of ether oxygens (including phenoxy) is 1. The zero-order valence-electron chi connectivity index (χ0n) is 14.8. The van der Waals surface area contributed by atoms with E-state index in [9.17, 15) is 18.0 Å². The van der Waals surface area contributed by atoms with Gasteiger partial charge in [0.05, 0.1) is 4.08 Å². The molecule has 148 valence electrons. The third kappa shape index (κ3) is 4.06. The Bertz CT molecular complexity index is 673. The van der Waals surface area contributed by atoms with Crippen LogP contribution in [0, 0.1) is 17.8 Å². The van der Waals surface area contributed by atoms with Crippen molar-refractivity contribution in [2.45, 2.75) is 42.7 Å². The van der Waals surface area contributed by atoms with Gasteiger partial charge in [0.1, 0.15) is 5.75 Å². The monoisotopic (exact) mass is 417 g/mol. The number of rotatable bonds is 4. The van der Waals surface area contributed by atoms with Gasteiger partial charge in [-0.25, -0.2) is 0 Å². The minimum absolute atomic E-state index is 0.0581. The summed E-state index contributed by atoms with van der Waals surface area (Å²) in [6.07, 6.45) is -0.311. The molecule has 8 heteroatoms. The molecule has 3 aliphatic rings. The molecule has 1 aromatic carbocycles. The van der Waals surface area contributed by atoms with Gasteiger partial charge in [0, 0.05) is 24.0 Å². The lowest BCUT2D eigenvalue weighted by Gasteiger charge is -2.42. The Kier molecular flexibility index (Phi) is 5.31. The van der Waals surface area contributed by atoms with Crippen LogP contribution in [-0.2, 0) is 11.3 Å². The quantitative estimate of drug-likeness (QED) is 0.763. The van der Waals surface area contributed by atoms with Crippen LogP contribution in [0.5, 0.6) is 5.75 Å². The highest BCUT2D eigenvalue weighted by molar-refractivity contribution is 8.21. The molecule has 1 heterocycles. The van der Waals surface area contributed by atoms with E-state index in [1.54, 1.807) is 12.1 Å². The van der Waals surface area contributed by atoms with Crippen molar-refractivity contribution in [3.05, 3.63) is 29.8 Å². The number of benzene rings is 1. The molecule has 1 N–H and O–H groups in total. The van der Waals surface area contributed by atoms with E-state index < -0.39 is 6.36 Å². The van der Waals surface area contributed by atoms with E-state index in [0.29, 0.717) is 22.5 Å². The third-order valence-corrected chi connectivity index (χ3v) is 9.89. The van der Waals surface area contributed by atoms with E-state index in [1.165, 1.54) is 36.5 Å². The summed E-state index contributed by atoms with van der Waals surface area (Å²) in [7, 11) is 0. The van der Waals surface area contributed by atoms with Crippen LogP contribution in [0.2, 0.25) is 0 Å². The highest BCUT2D eigenvalue weighted by Gasteiger charge is 2.57. The number of hydrogen-bond donors (Lipinski definition) is 1. The first-order valence-corrected chi connectivity index (χ1v) is 11.2. The summed E-state index contributed by atoms with van der Waals surface area (Å²) in [6, 6.07) is 5.64. The Morgan fingerprint density at radius 1 is 1.11 bits per heavy atom. The summed E-state index contributed by atoms with van der Waals surface area (Å²) >= 11 is 4.23. The van der Waals surface area contributed by atoms with Gasteiger partial charge in [-0.15, -0.1) is 36.7 Å². The largest absolute Gasteiger partial charge is 0.573 e. The van der Waals surface area contributed by atoms with E-state index in [4.69, 9.17) is 0 Å². The van der Waals surface area contributed by atoms with Gasteiger partial charge in [0.2, 0.25) is 5.91 Å². The SMILES string of the molecule is O=C(NCc1ccc(OC(F)(F)F)cc1)C1CC2CCC(C1)C21SCCS1. The lowest BCUT2D eigenvalue weighted by atomic mass is 9.79. The van der Waals surface area contributed by atoms with Crippen LogP contribution in [0.25, 0.3) is 0 Å².